The molecule has 0 spiro atoms. The van der Waals surface area contributed by atoms with Crippen LogP contribution in [0.15, 0.2) is 16.9 Å². The molecule has 2 amide bonds. The molecule has 2 rings (SSSR count). The van der Waals surface area contributed by atoms with Gasteiger partial charge in [0.2, 0.25) is 11.8 Å². The topological polar surface area (TPSA) is 84.7 Å². The van der Waals surface area contributed by atoms with Gasteiger partial charge in [0.25, 0.3) is 0 Å². The minimum atomic E-state index is -0.549. The van der Waals surface area contributed by atoms with E-state index in [0.29, 0.717) is 19.0 Å². The van der Waals surface area contributed by atoms with Crippen LogP contribution in [0.1, 0.15) is 33.6 Å². The molecule has 1 fully saturated rings. The Kier molecular flexibility index (Phi) is 5.18. The van der Waals surface area contributed by atoms with Gasteiger partial charge < -0.3 is 19.5 Å². The molecule has 0 saturated carbocycles. The number of carbonyl (C=O) groups is 2. The van der Waals surface area contributed by atoms with Gasteiger partial charge in [-0.05, 0) is 12.8 Å². The fraction of sp³-hybridized carbons (Fsp3) is 0.667. The van der Waals surface area contributed by atoms with Crippen LogP contribution in [0.5, 0.6) is 0 Å². The average Bonchev–Trinajstić information content (AvgIpc) is 3.09. The first kappa shape index (κ1) is 16.5. The number of carbonyl (C=O) groups excluding carboxylic acids is 2. The lowest BCUT2D eigenvalue weighted by atomic mass is 9.94. The highest BCUT2D eigenvalue weighted by atomic mass is 16.5. The lowest BCUT2D eigenvalue weighted by Gasteiger charge is -2.30. The molecule has 0 aliphatic carbocycles. The van der Waals surface area contributed by atoms with Crippen molar-refractivity contribution in [3.63, 3.8) is 0 Å². The van der Waals surface area contributed by atoms with Crippen LogP contribution in [0.3, 0.4) is 0 Å². The van der Waals surface area contributed by atoms with E-state index in [2.05, 4.69) is 15.0 Å². The summed E-state index contributed by atoms with van der Waals surface area (Å²) in [7, 11) is 0. The minimum Gasteiger partial charge on any atom is -0.376 e. The first-order valence-electron chi connectivity index (χ1n) is 7.47. The van der Waals surface area contributed by atoms with Gasteiger partial charge in [0, 0.05) is 24.6 Å². The average molecular weight is 309 g/mol. The molecule has 1 aliphatic rings. The molecule has 1 unspecified atom stereocenters. The molecule has 1 atom stereocenters. The Morgan fingerprint density at radius 1 is 1.45 bits per heavy atom. The van der Waals surface area contributed by atoms with Crippen LogP contribution in [0.25, 0.3) is 0 Å². The Balaban J connectivity index is 1.99. The van der Waals surface area contributed by atoms with Crippen molar-refractivity contribution in [1.29, 1.82) is 0 Å². The van der Waals surface area contributed by atoms with Crippen molar-refractivity contribution in [2.24, 2.45) is 5.41 Å². The zero-order chi connectivity index (χ0) is 16.2. The Bertz CT molecular complexity index is 501. The van der Waals surface area contributed by atoms with Gasteiger partial charge in [-0.15, -0.1) is 0 Å². The minimum absolute atomic E-state index is 0.00569. The zero-order valence-electron chi connectivity index (χ0n) is 13.3. The molecule has 0 radical (unpaired) electrons. The quantitative estimate of drug-likeness (QED) is 0.894. The SMILES string of the molecule is CC(C)(C)C(=O)N(CC(=O)Nc1ccon1)CC1CCCO1. The largest absolute Gasteiger partial charge is 0.376 e. The molecular formula is C15H23N3O4. The summed E-state index contributed by atoms with van der Waals surface area (Å²) < 4.78 is 10.2. The molecule has 2 heterocycles. The van der Waals surface area contributed by atoms with Crippen molar-refractivity contribution in [3.8, 4) is 0 Å². The molecule has 1 aromatic rings. The number of anilines is 1. The maximum atomic E-state index is 12.5. The zero-order valence-corrected chi connectivity index (χ0v) is 13.3. The molecule has 0 bridgehead atoms. The molecule has 7 nitrogen and oxygen atoms in total. The number of aromatic nitrogens is 1. The van der Waals surface area contributed by atoms with Gasteiger partial charge in [-0.1, -0.05) is 25.9 Å². The van der Waals surface area contributed by atoms with E-state index in [9.17, 15) is 9.59 Å². The Hall–Kier alpha value is -1.89. The molecule has 1 aromatic heterocycles. The normalized spacial score (nSPS) is 18.2. The Labute approximate surface area is 130 Å². The molecule has 1 saturated heterocycles. The summed E-state index contributed by atoms with van der Waals surface area (Å²) in [6.45, 7) is 6.65. The van der Waals surface area contributed by atoms with Gasteiger partial charge in [0.1, 0.15) is 12.8 Å². The van der Waals surface area contributed by atoms with E-state index in [1.165, 1.54) is 6.26 Å². The van der Waals surface area contributed by atoms with Crippen LogP contribution in [-0.2, 0) is 14.3 Å². The van der Waals surface area contributed by atoms with Crippen LogP contribution in [0, 0.1) is 5.41 Å². The number of ether oxygens (including phenoxy) is 1. The Morgan fingerprint density at radius 2 is 2.23 bits per heavy atom. The smallest absolute Gasteiger partial charge is 0.245 e. The predicted molar refractivity (Wildman–Crippen MR) is 80.1 cm³/mol. The van der Waals surface area contributed by atoms with Crippen LogP contribution in [0.4, 0.5) is 5.82 Å². The van der Waals surface area contributed by atoms with Gasteiger partial charge >= 0.3 is 0 Å². The number of amides is 2. The molecule has 122 valence electrons. The van der Waals surface area contributed by atoms with E-state index in [1.54, 1.807) is 11.0 Å². The third kappa shape index (κ3) is 4.56. The summed E-state index contributed by atoms with van der Waals surface area (Å²) in [5.74, 6) is -0.0342. The molecular weight excluding hydrogens is 286 g/mol. The summed E-state index contributed by atoms with van der Waals surface area (Å²) >= 11 is 0. The summed E-state index contributed by atoms with van der Waals surface area (Å²) in [6.07, 6.45) is 3.29. The molecule has 1 aliphatic heterocycles. The maximum absolute atomic E-state index is 12.5. The monoisotopic (exact) mass is 309 g/mol. The van der Waals surface area contributed by atoms with Gasteiger partial charge in [0.15, 0.2) is 5.82 Å². The van der Waals surface area contributed by atoms with Crippen molar-refractivity contribution in [1.82, 2.24) is 10.1 Å². The van der Waals surface area contributed by atoms with E-state index in [-0.39, 0.29) is 24.5 Å². The second-order valence-corrected chi connectivity index (χ2v) is 6.50. The molecule has 1 N–H and O–H groups in total. The third-order valence-electron chi connectivity index (χ3n) is 3.42. The van der Waals surface area contributed by atoms with Crippen molar-refractivity contribution in [2.75, 3.05) is 25.0 Å². The fourth-order valence-electron chi connectivity index (χ4n) is 2.36. The number of hydrogen-bond donors (Lipinski definition) is 1. The van der Waals surface area contributed by atoms with Gasteiger partial charge in [-0.25, -0.2) is 0 Å². The van der Waals surface area contributed by atoms with Gasteiger partial charge in [0.05, 0.1) is 6.10 Å². The van der Waals surface area contributed by atoms with Crippen molar-refractivity contribution in [3.05, 3.63) is 12.3 Å². The van der Waals surface area contributed by atoms with Crippen molar-refractivity contribution >= 4 is 17.6 Å². The second kappa shape index (κ2) is 6.91. The molecule has 7 heteroatoms. The van der Waals surface area contributed by atoms with Gasteiger partial charge in [-0.2, -0.15) is 0 Å². The third-order valence-corrected chi connectivity index (χ3v) is 3.42. The molecule has 0 aromatic carbocycles. The van der Waals surface area contributed by atoms with E-state index in [0.717, 1.165) is 12.8 Å². The van der Waals surface area contributed by atoms with E-state index in [1.807, 2.05) is 20.8 Å². The second-order valence-electron chi connectivity index (χ2n) is 6.50. The van der Waals surface area contributed by atoms with Crippen LogP contribution in [0.2, 0.25) is 0 Å². The summed E-state index contributed by atoms with van der Waals surface area (Å²) in [4.78, 5) is 26.2. The highest BCUT2D eigenvalue weighted by Crippen LogP contribution is 2.20. The van der Waals surface area contributed by atoms with Crippen LogP contribution < -0.4 is 5.32 Å². The number of rotatable bonds is 5. The van der Waals surface area contributed by atoms with Crippen molar-refractivity contribution in [2.45, 2.75) is 39.7 Å². The summed E-state index contributed by atoms with van der Waals surface area (Å²) in [6, 6.07) is 1.55. The van der Waals surface area contributed by atoms with E-state index < -0.39 is 5.41 Å². The van der Waals surface area contributed by atoms with E-state index >= 15 is 0 Å². The Morgan fingerprint density at radius 3 is 2.77 bits per heavy atom. The number of hydrogen-bond acceptors (Lipinski definition) is 5. The first-order valence-corrected chi connectivity index (χ1v) is 7.47. The van der Waals surface area contributed by atoms with E-state index in [4.69, 9.17) is 4.74 Å². The van der Waals surface area contributed by atoms with Crippen LogP contribution in [-0.4, -0.2) is 47.7 Å². The van der Waals surface area contributed by atoms with Crippen molar-refractivity contribution < 1.29 is 18.8 Å². The molecule has 22 heavy (non-hydrogen) atoms. The van der Waals surface area contributed by atoms with Gasteiger partial charge in [-0.3, -0.25) is 9.59 Å². The number of nitrogens with one attached hydrogen (secondary N) is 1. The standard InChI is InChI=1S/C15H23N3O4/c1-15(2,3)14(20)18(9-11-5-4-7-21-11)10-13(19)16-12-6-8-22-17-12/h6,8,11H,4-5,7,9-10H2,1-3H3,(H,16,17,19). The highest BCUT2D eigenvalue weighted by Gasteiger charge is 2.31. The lowest BCUT2D eigenvalue weighted by Crippen LogP contribution is -2.46. The maximum Gasteiger partial charge on any atom is 0.245 e. The fourth-order valence-corrected chi connectivity index (χ4v) is 2.36. The summed E-state index contributed by atoms with van der Waals surface area (Å²) in [5.41, 5.74) is -0.549. The van der Waals surface area contributed by atoms with Crippen LogP contribution >= 0.6 is 0 Å². The number of nitrogens with zero attached hydrogens (tertiary/aromatic N) is 2. The highest BCUT2D eigenvalue weighted by molar-refractivity contribution is 5.94. The first-order chi connectivity index (χ1) is 10.4. The predicted octanol–water partition coefficient (Wildman–Crippen LogP) is 1.67. The summed E-state index contributed by atoms with van der Waals surface area (Å²) in [5, 5.41) is 6.23. The lowest BCUT2D eigenvalue weighted by molar-refractivity contribution is -0.143.